The van der Waals surface area contributed by atoms with Gasteiger partial charge >= 0.3 is 5.97 Å². The lowest BCUT2D eigenvalue weighted by atomic mass is 10.1. The first-order valence-electron chi connectivity index (χ1n) is 46.8. The van der Waals surface area contributed by atoms with E-state index < -0.39 is 5.97 Å². The van der Waals surface area contributed by atoms with Crippen LogP contribution < -0.4 is 21.7 Å². The summed E-state index contributed by atoms with van der Waals surface area (Å²) in [4.78, 5) is 76.2. The van der Waals surface area contributed by atoms with Gasteiger partial charge in [0.05, 0.1) is 133 Å². The van der Waals surface area contributed by atoms with Gasteiger partial charge < -0.3 is 36.3 Å². The molecule has 38 nitrogen and oxygen atoms in total. The fraction of sp³-hybridized carbons (Fsp3) is 0.144. The Morgan fingerprint density at radius 2 is 0.830 bits per heavy atom. The second-order valence-corrected chi connectivity index (χ2v) is 39.1. The molecular formula is C104H92N36O2S5. The van der Waals surface area contributed by atoms with Gasteiger partial charge in [-0.3, -0.25) is 29.9 Å². The van der Waals surface area contributed by atoms with E-state index in [-0.39, 0.29) is 0 Å². The average molecular weight is 2040 g/mol. The van der Waals surface area contributed by atoms with Crippen molar-refractivity contribution in [3.05, 3.63) is 314 Å². The number of fused-ring (bicyclic) bond motifs is 5. The highest BCUT2D eigenvalue weighted by Crippen LogP contribution is 2.49. The molecule has 147 heavy (non-hydrogen) atoms. The van der Waals surface area contributed by atoms with E-state index in [2.05, 4.69) is 201 Å². The van der Waals surface area contributed by atoms with Gasteiger partial charge in [-0.2, -0.15) is 45.9 Å². The van der Waals surface area contributed by atoms with Gasteiger partial charge in [0.25, 0.3) is 0 Å². The third-order valence-electron chi connectivity index (χ3n) is 24.6. The molecule has 26 rings (SSSR count). The van der Waals surface area contributed by atoms with Crippen molar-refractivity contribution in [1.29, 1.82) is 0 Å². The smallest absolute Gasteiger partial charge is 0.337 e. The predicted molar refractivity (Wildman–Crippen MR) is 573 cm³/mol. The summed E-state index contributed by atoms with van der Waals surface area (Å²) in [5, 5.41) is 61.4. The third-order valence-corrected chi connectivity index (χ3v) is 29.9. The second-order valence-electron chi connectivity index (χ2n) is 34.1. The van der Waals surface area contributed by atoms with E-state index in [4.69, 9.17) is 46.1 Å². The molecule has 0 unspecified atom stereocenters. The molecule has 0 saturated carbocycles. The fourth-order valence-corrected chi connectivity index (χ4v) is 23.5. The number of ether oxygens (including phenoxy) is 1. The van der Waals surface area contributed by atoms with Crippen molar-refractivity contribution in [3.63, 3.8) is 0 Å². The maximum absolute atomic E-state index is 12.0. The van der Waals surface area contributed by atoms with Crippen LogP contribution in [0.25, 0.3) is 191 Å². The number of hydrogen-bond acceptors (Lipinski definition) is 32. The molecule has 0 amide bonds. The van der Waals surface area contributed by atoms with Crippen LogP contribution in [0.5, 0.6) is 0 Å². The van der Waals surface area contributed by atoms with Crippen LogP contribution in [0, 0.1) is 34.6 Å². The Balaban J connectivity index is 0.000000105. The van der Waals surface area contributed by atoms with E-state index in [1.807, 2.05) is 205 Å². The van der Waals surface area contributed by atoms with Crippen molar-refractivity contribution in [2.45, 2.75) is 47.7 Å². The van der Waals surface area contributed by atoms with Crippen LogP contribution >= 0.6 is 56.7 Å². The summed E-state index contributed by atoms with van der Waals surface area (Å²) >= 11 is 7.89. The first-order valence-corrected chi connectivity index (χ1v) is 50.9. The van der Waals surface area contributed by atoms with Crippen molar-refractivity contribution in [2.75, 3.05) is 58.3 Å². The number of nitrogens with zero attached hydrogens (tertiary/aromatic N) is 27. The number of imidazole rings is 1. The lowest BCUT2D eigenvalue weighted by Crippen LogP contribution is -2.43. The number of aromatic nitrogens is 31. The first kappa shape index (κ1) is 94.5. The van der Waals surface area contributed by atoms with E-state index in [0.717, 1.165) is 235 Å². The normalized spacial score (nSPS) is 12.0. The molecule has 730 valence electrons. The Hall–Kier alpha value is -17.4. The molecule has 0 spiro atoms. The highest BCUT2D eigenvalue weighted by molar-refractivity contribution is 7.20. The van der Waals surface area contributed by atoms with E-state index in [1.165, 1.54) is 55.0 Å². The predicted octanol–water partition coefficient (Wildman–Crippen LogP) is 18.5. The minimum Gasteiger partial charge on any atom is -0.465 e. The number of carbonyl (C=O) groups excluding carboxylic acids is 1. The number of para-hydroxylation sites is 1. The van der Waals surface area contributed by atoms with Gasteiger partial charge in [-0.15, -0.1) is 56.7 Å². The van der Waals surface area contributed by atoms with E-state index >= 15 is 0 Å². The standard InChI is InChI=1S/C23H22N8S.C23H24N8S.C21H16N6O2S.C20H17N7S.C17H13N7S/c1-15-19(18-8-4-5-11-31(18)29-15)23-27-20(21(32-23)22-25-14-26-28-22)16-6-2-3-7-17(16)30-12-9-24-10-13-30;1-15-20(31-13-16(8-9-18(31)27-15)12-30(2)11-10-24)23-28-19(17-6-4-3-5-7-17)21(32-23)22-25-14-26-29-22;1-12-16(15-8-3-4-9-27(15)26-12)20-24-17(18(30-20)19-22-11-23-25-19)13-6-5-7-14(10-13)21(28)29-2;1-12-16(15-4-2-3-9-27(15)26-12)20-24-17(14-7-5-13(10-21)6-8-14)18(28-20)19-22-11-23-25-19;1-10-13(12-6-2-3-8-24(12)23-10)17-21-14(11-5-4-7-18-11)15(25-17)16-19-9-20-22-16/h2-8,11,14,24H,9-10,12-13H2,1H3,(H,25,26,28);3-9,13-14H,10-12,24H2,1-2H3,(H,25,26,29);3-11H,1-2H3,(H,22,23,25);2-9,11H,10,21H2,1H3,(H,22,23,25);2-9,18H,1H3,(H,19,20,22). The summed E-state index contributed by atoms with van der Waals surface area (Å²) in [5.74, 6) is 3.08. The van der Waals surface area contributed by atoms with Crippen molar-refractivity contribution in [3.8, 4) is 163 Å². The Bertz CT molecular complexity index is 8810. The molecule has 4 aromatic carbocycles. The number of esters is 1. The van der Waals surface area contributed by atoms with Gasteiger partial charge in [-0.1, -0.05) is 115 Å². The largest absolute Gasteiger partial charge is 0.465 e. The molecule has 0 aliphatic carbocycles. The fourth-order valence-electron chi connectivity index (χ4n) is 17.8. The molecular weight excluding hydrogens is 1950 g/mol. The summed E-state index contributed by atoms with van der Waals surface area (Å²) in [6.45, 7) is 16.8. The SMILES string of the molecule is COC(=O)c1cccc(-c2nc(-c3c(C)nn4ccccc34)sc2-c2ncn[nH]2)c1.Cc1nc2ccc(CN(C)CCN)cn2c1-c1nc(-c2ccccc2)c(-c2ncn[nH]2)s1.Cc1nn2ccccc2c1-c1nc(-c2ccc(CN)cc2)c(-c2ncn[nH]2)s1.Cc1nn2ccccc2c1-c1nc(-c2ccc[nH]2)c(-c2ncn[nH]2)s1.Cc1nn2ccccc2c1-c1nc(-c2ccccc2N2CCNCC2)c(-c2ncn[nH]2)s1. The van der Waals surface area contributed by atoms with Gasteiger partial charge in [0.1, 0.15) is 78.6 Å². The average Bonchev–Trinajstić information content (AvgIpc) is 1.62. The number of methoxy groups -OCH3 is 1. The van der Waals surface area contributed by atoms with Crippen molar-refractivity contribution < 1.29 is 9.53 Å². The minimum atomic E-state index is -0.396. The Kier molecular flexibility index (Phi) is 26.9. The number of anilines is 1. The number of aromatic amines is 6. The van der Waals surface area contributed by atoms with E-state index in [0.29, 0.717) is 47.6 Å². The number of nitrogens with two attached hydrogens (primary N) is 2. The number of thiazole rings is 5. The number of hydrogen-bond donors (Lipinski definition) is 9. The van der Waals surface area contributed by atoms with Gasteiger partial charge in [-0.05, 0) is 138 Å². The molecule has 43 heteroatoms. The van der Waals surface area contributed by atoms with Crippen LogP contribution in [0.3, 0.4) is 0 Å². The quantitative estimate of drug-likeness (QED) is 0.0285. The van der Waals surface area contributed by atoms with Gasteiger partial charge in [0.15, 0.2) is 29.1 Å². The number of carbonyl (C=O) groups is 1. The number of nitrogens with one attached hydrogen (secondary N) is 7. The number of likely N-dealkylation sites (N-methyl/N-ethyl adjacent to an activating group) is 1. The van der Waals surface area contributed by atoms with Crippen molar-refractivity contribution >= 4 is 96.1 Å². The Labute approximate surface area is 858 Å². The number of piperazine rings is 1. The van der Waals surface area contributed by atoms with Crippen LogP contribution in [0.4, 0.5) is 5.69 Å². The molecule has 11 N–H and O–H groups in total. The molecule has 1 saturated heterocycles. The molecule has 1 fully saturated rings. The Morgan fingerprint density at radius 3 is 1.29 bits per heavy atom. The van der Waals surface area contributed by atoms with Crippen LogP contribution in [-0.4, -0.2) is 218 Å². The molecule has 22 heterocycles. The Morgan fingerprint density at radius 1 is 0.415 bits per heavy atom. The lowest BCUT2D eigenvalue weighted by molar-refractivity contribution is 0.0600. The van der Waals surface area contributed by atoms with Crippen LogP contribution in [0.15, 0.2) is 269 Å². The van der Waals surface area contributed by atoms with Crippen molar-refractivity contribution in [1.82, 2.24) is 164 Å². The highest BCUT2D eigenvalue weighted by Gasteiger charge is 2.31. The van der Waals surface area contributed by atoms with Gasteiger partial charge in [0, 0.05) is 117 Å². The van der Waals surface area contributed by atoms with Gasteiger partial charge in [0.2, 0.25) is 0 Å². The molecule has 1 aliphatic heterocycles. The second kappa shape index (κ2) is 41.9. The van der Waals surface area contributed by atoms with E-state index in [9.17, 15) is 4.79 Å². The van der Waals surface area contributed by atoms with E-state index in [1.54, 1.807) is 63.8 Å². The summed E-state index contributed by atoms with van der Waals surface area (Å²) in [6.07, 6.45) is 19.4. The monoisotopic (exact) mass is 2040 g/mol. The van der Waals surface area contributed by atoms with Crippen LogP contribution in [-0.2, 0) is 17.8 Å². The number of benzene rings is 4. The highest BCUT2D eigenvalue weighted by atomic mass is 32.1. The van der Waals surface area contributed by atoms with Gasteiger partial charge in [-0.25, -0.2) is 77.7 Å². The molecule has 25 aromatic rings. The molecule has 0 bridgehead atoms. The zero-order chi connectivity index (χ0) is 100. The van der Waals surface area contributed by atoms with Crippen LogP contribution in [0.1, 0.15) is 50.0 Å². The number of pyridine rings is 5. The van der Waals surface area contributed by atoms with Crippen LogP contribution in [0.2, 0.25) is 0 Å². The molecule has 21 aromatic heterocycles. The zero-order valence-corrected chi connectivity index (χ0v) is 84.2. The number of aryl methyl sites for hydroxylation is 5. The zero-order valence-electron chi connectivity index (χ0n) is 80.1. The number of H-pyrrole nitrogens is 6. The molecule has 0 atom stereocenters. The van der Waals surface area contributed by atoms with Crippen molar-refractivity contribution in [2.24, 2.45) is 11.5 Å². The first-order chi connectivity index (χ1) is 72.1. The summed E-state index contributed by atoms with van der Waals surface area (Å²) in [7, 11) is 3.44. The summed E-state index contributed by atoms with van der Waals surface area (Å²) < 4.78 is 14.5. The lowest BCUT2D eigenvalue weighted by Gasteiger charge is -2.31. The summed E-state index contributed by atoms with van der Waals surface area (Å²) in [6, 6.07) is 66.3. The maximum atomic E-state index is 12.0. The topological polar surface area (TPSA) is 471 Å². The summed E-state index contributed by atoms with van der Waals surface area (Å²) in [5.41, 5.74) is 39.3. The molecule has 1 aliphatic rings. The minimum absolute atomic E-state index is 0.396. The maximum Gasteiger partial charge on any atom is 0.337 e. The third kappa shape index (κ3) is 19.2. The number of rotatable bonds is 22. The molecule has 0 radical (unpaired) electrons.